The Balaban J connectivity index is 2.54. The van der Waals surface area contributed by atoms with E-state index in [1.807, 2.05) is 6.07 Å². The molecule has 0 spiro atoms. The number of hydrogen-bond donors (Lipinski definition) is 1. The van der Waals surface area contributed by atoms with E-state index in [1.165, 1.54) is 0 Å². The van der Waals surface area contributed by atoms with Crippen LogP contribution in [0.5, 0.6) is 0 Å². The van der Waals surface area contributed by atoms with Gasteiger partial charge in [-0.1, -0.05) is 15.9 Å². The van der Waals surface area contributed by atoms with Crippen molar-refractivity contribution in [3.63, 3.8) is 0 Å². The Morgan fingerprint density at radius 3 is 2.35 bits per heavy atom. The molecule has 1 heterocycles. The zero-order valence-corrected chi connectivity index (χ0v) is 12.3. The lowest BCUT2D eigenvalue weighted by Gasteiger charge is -2.12. The van der Waals surface area contributed by atoms with Gasteiger partial charge >= 0.3 is 0 Å². The summed E-state index contributed by atoms with van der Waals surface area (Å²) < 4.78 is 27.9. The van der Waals surface area contributed by atoms with Crippen LogP contribution in [-0.4, -0.2) is 4.98 Å². The summed E-state index contributed by atoms with van der Waals surface area (Å²) in [4.78, 5) is 4.15. The summed E-state index contributed by atoms with van der Waals surface area (Å²) in [6, 6.07) is 5.86. The number of rotatable bonds is 2. The van der Waals surface area contributed by atoms with Crippen molar-refractivity contribution in [3.8, 4) is 6.07 Å². The topological polar surface area (TPSA) is 48.7 Å². The fourth-order valence-corrected chi connectivity index (χ4v) is 2.27. The Bertz CT molecular complexity index is 700. The van der Waals surface area contributed by atoms with Crippen molar-refractivity contribution in [2.75, 3.05) is 5.32 Å². The molecule has 0 atom stereocenters. The first-order chi connectivity index (χ1) is 9.42. The summed E-state index contributed by atoms with van der Waals surface area (Å²) in [6.07, 6.45) is 0. The van der Waals surface area contributed by atoms with Gasteiger partial charge in [0, 0.05) is 10.2 Å². The quantitative estimate of drug-likeness (QED) is 0.885. The molecule has 1 N–H and O–H groups in total. The predicted octanol–water partition coefficient (Wildman–Crippen LogP) is 4.35. The zero-order chi connectivity index (χ0) is 14.9. The molecule has 3 nitrogen and oxygen atoms in total. The van der Waals surface area contributed by atoms with E-state index in [-0.39, 0.29) is 11.3 Å². The van der Waals surface area contributed by atoms with Crippen LogP contribution in [0.3, 0.4) is 0 Å². The molecule has 0 amide bonds. The third-order valence-electron chi connectivity index (χ3n) is 2.71. The zero-order valence-electron chi connectivity index (χ0n) is 10.8. The lowest BCUT2D eigenvalue weighted by Crippen LogP contribution is -2.03. The molecule has 0 fully saturated rings. The Kier molecular flexibility index (Phi) is 4.00. The van der Waals surface area contributed by atoms with Crippen molar-refractivity contribution in [1.82, 2.24) is 4.98 Å². The number of nitrogens with zero attached hydrogens (tertiary/aromatic N) is 2. The first-order valence-electron chi connectivity index (χ1n) is 5.72. The highest BCUT2D eigenvalue weighted by atomic mass is 79.9. The van der Waals surface area contributed by atoms with Gasteiger partial charge < -0.3 is 5.32 Å². The number of benzene rings is 1. The smallest absolute Gasteiger partial charge is 0.150 e. The number of aryl methyl sites for hydroxylation is 2. The van der Waals surface area contributed by atoms with E-state index < -0.39 is 11.6 Å². The van der Waals surface area contributed by atoms with Gasteiger partial charge in [0.25, 0.3) is 0 Å². The summed E-state index contributed by atoms with van der Waals surface area (Å²) in [5, 5.41) is 11.8. The van der Waals surface area contributed by atoms with Crippen LogP contribution in [0.2, 0.25) is 0 Å². The fourth-order valence-electron chi connectivity index (χ4n) is 1.86. The lowest BCUT2D eigenvalue weighted by molar-refractivity contribution is 0.589. The third kappa shape index (κ3) is 2.78. The molecule has 0 bridgehead atoms. The van der Waals surface area contributed by atoms with Crippen LogP contribution in [0.15, 0.2) is 22.7 Å². The van der Waals surface area contributed by atoms with Crippen molar-refractivity contribution >= 4 is 27.3 Å². The molecule has 0 saturated carbocycles. The van der Waals surface area contributed by atoms with E-state index in [2.05, 4.69) is 26.2 Å². The van der Waals surface area contributed by atoms with Crippen LogP contribution >= 0.6 is 15.9 Å². The molecule has 0 aliphatic carbocycles. The van der Waals surface area contributed by atoms with Gasteiger partial charge in [0.05, 0.1) is 16.9 Å². The van der Waals surface area contributed by atoms with Crippen molar-refractivity contribution in [2.45, 2.75) is 13.8 Å². The highest BCUT2D eigenvalue weighted by Gasteiger charge is 2.14. The first-order valence-corrected chi connectivity index (χ1v) is 6.51. The highest BCUT2D eigenvalue weighted by molar-refractivity contribution is 9.10. The van der Waals surface area contributed by atoms with Crippen LogP contribution in [0.25, 0.3) is 0 Å². The number of aromatic nitrogens is 1. The predicted molar refractivity (Wildman–Crippen MR) is 75.8 cm³/mol. The lowest BCUT2D eigenvalue weighted by atomic mass is 10.1. The molecule has 0 saturated heterocycles. The minimum atomic E-state index is -0.743. The maximum Gasteiger partial charge on any atom is 0.150 e. The van der Waals surface area contributed by atoms with Gasteiger partial charge in [-0.2, -0.15) is 5.26 Å². The number of pyridine rings is 1. The van der Waals surface area contributed by atoms with E-state index >= 15 is 0 Å². The van der Waals surface area contributed by atoms with Crippen LogP contribution in [0.1, 0.15) is 17.0 Å². The molecule has 0 aliphatic heterocycles. The monoisotopic (exact) mass is 337 g/mol. The van der Waals surface area contributed by atoms with Crippen LogP contribution in [0.4, 0.5) is 20.2 Å². The highest BCUT2D eigenvalue weighted by Crippen LogP contribution is 2.29. The fraction of sp³-hybridized carbons (Fsp3) is 0.143. The minimum absolute atomic E-state index is 0.261. The van der Waals surface area contributed by atoms with E-state index in [0.29, 0.717) is 21.5 Å². The molecular weight excluding hydrogens is 328 g/mol. The Morgan fingerprint density at radius 1 is 1.20 bits per heavy atom. The Labute approximate surface area is 123 Å². The van der Waals surface area contributed by atoms with Crippen LogP contribution < -0.4 is 5.32 Å². The summed E-state index contributed by atoms with van der Waals surface area (Å²) in [6.45, 7) is 3.42. The number of hydrogen-bond acceptors (Lipinski definition) is 3. The third-order valence-corrected chi connectivity index (χ3v) is 3.16. The maximum atomic E-state index is 13.8. The van der Waals surface area contributed by atoms with Crippen LogP contribution in [-0.2, 0) is 0 Å². The molecule has 6 heteroatoms. The standard InChI is InChI=1S/C14H10BrF2N3/c1-7-3-13(10(6-18)8(2)19-7)20-14-11(16)4-9(15)5-12(14)17/h3-5H,1-2H3,(H,19,20). The SMILES string of the molecule is Cc1cc(Nc2c(F)cc(Br)cc2F)c(C#N)c(C)n1. The number of halogens is 3. The average molecular weight is 338 g/mol. The van der Waals surface area contributed by atoms with Crippen molar-refractivity contribution in [1.29, 1.82) is 5.26 Å². The van der Waals surface area contributed by atoms with E-state index in [1.54, 1.807) is 19.9 Å². The molecule has 0 radical (unpaired) electrons. The molecule has 1 aromatic heterocycles. The average Bonchev–Trinajstić information content (AvgIpc) is 2.33. The summed E-state index contributed by atoms with van der Waals surface area (Å²) in [5.74, 6) is -1.49. The van der Waals surface area contributed by atoms with Crippen molar-refractivity contribution in [2.24, 2.45) is 0 Å². The van der Waals surface area contributed by atoms with Gasteiger partial charge in [-0.25, -0.2) is 8.78 Å². The van der Waals surface area contributed by atoms with Gasteiger partial charge in [-0.15, -0.1) is 0 Å². The van der Waals surface area contributed by atoms with Gasteiger partial charge in [-0.3, -0.25) is 4.98 Å². The molecular formula is C14H10BrF2N3. The van der Waals surface area contributed by atoms with Gasteiger partial charge in [0.1, 0.15) is 11.8 Å². The molecule has 20 heavy (non-hydrogen) atoms. The van der Waals surface area contributed by atoms with Crippen molar-refractivity contribution in [3.05, 3.63) is 51.3 Å². The minimum Gasteiger partial charge on any atom is -0.350 e. The number of nitriles is 1. The van der Waals surface area contributed by atoms with Gasteiger partial charge in [0.2, 0.25) is 0 Å². The first kappa shape index (κ1) is 14.4. The summed E-state index contributed by atoms with van der Waals surface area (Å²) in [7, 11) is 0. The second kappa shape index (κ2) is 5.55. The molecule has 2 aromatic rings. The van der Waals surface area contributed by atoms with Gasteiger partial charge in [0.15, 0.2) is 11.6 Å². The second-order valence-electron chi connectivity index (χ2n) is 4.25. The molecule has 1 aromatic carbocycles. The van der Waals surface area contributed by atoms with Crippen LogP contribution in [0, 0.1) is 36.8 Å². The molecule has 0 unspecified atom stereocenters. The maximum absolute atomic E-state index is 13.8. The molecule has 0 aliphatic rings. The number of anilines is 2. The van der Waals surface area contributed by atoms with E-state index in [4.69, 9.17) is 5.26 Å². The summed E-state index contributed by atoms with van der Waals surface area (Å²) in [5.41, 5.74) is 1.46. The van der Waals surface area contributed by atoms with E-state index in [9.17, 15) is 8.78 Å². The molecule has 102 valence electrons. The van der Waals surface area contributed by atoms with Gasteiger partial charge in [-0.05, 0) is 32.0 Å². The largest absolute Gasteiger partial charge is 0.350 e. The van der Waals surface area contributed by atoms with Crippen molar-refractivity contribution < 1.29 is 8.78 Å². The molecule has 2 rings (SSSR count). The van der Waals surface area contributed by atoms with E-state index in [0.717, 1.165) is 12.1 Å². The second-order valence-corrected chi connectivity index (χ2v) is 5.17. The summed E-state index contributed by atoms with van der Waals surface area (Å²) >= 11 is 3.01. The Hall–Kier alpha value is -2.00. The Morgan fingerprint density at radius 2 is 1.80 bits per heavy atom. The normalized spacial score (nSPS) is 10.2. The number of nitrogens with one attached hydrogen (secondary N) is 1.